The van der Waals surface area contributed by atoms with Gasteiger partial charge in [0.25, 0.3) is 0 Å². The first-order valence-electron chi connectivity index (χ1n) is 4.43. The molecule has 1 aliphatic rings. The highest BCUT2D eigenvalue weighted by Crippen LogP contribution is 2.28. The molecule has 1 aromatic carbocycles. The van der Waals surface area contributed by atoms with Gasteiger partial charge < -0.3 is 10.4 Å². The molecule has 1 unspecified atom stereocenters. The molecule has 1 heterocycles. The van der Waals surface area contributed by atoms with Crippen molar-refractivity contribution in [2.75, 3.05) is 6.54 Å². The van der Waals surface area contributed by atoms with E-state index >= 15 is 0 Å². The molecule has 0 aliphatic carbocycles. The second-order valence-electron chi connectivity index (χ2n) is 3.43. The van der Waals surface area contributed by atoms with Crippen LogP contribution in [0.15, 0.2) is 12.1 Å². The number of phenolic OH excluding ortho intramolecular Hbond substituents is 1. The van der Waals surface area contributed by atoms with E-state index in [1.165, 1.54) is 12.1 Å². The molecule has 0 saturated carbocycles. The lowest BCUT2D eigenvalue weighted by atomic mass is 9.95. The molecule has 3 heteroatoms. The van der Waals surface area contributed by atoms with Crippen molar-refractivity contribution in [2.45, 2.75) is 19.4 Å². The van der Waals surface area contributed by atoms with Crippen molar-refractivity contribution >= 4 is 0 Å². The van der Waals surface area contributed by atoms with E-state index in [9.17, 15) is 9.50 Å². The van der Waals surface area contributed by atoms with Gasteiger partial charge in [-0.25, -0.2) is 4.39 Å². The van der Waals surface area contributed by atoms with Crippen LogP contribution < -0.4 is 5.32 Å². The van der Waals surface area contributed by atoms with Crippen molar-refractivity contribution in [2.24, 2.45) is 0 Å². The Labute approximate surface area is 76.4 Å². The predicted octanol–water partition coefficient (Wildman–Crippen LogP) is 1.74. The lowest BCUT2D eigenvalue weighted by Crippen LogP contribution is -2.27. The molecule has 1 atom stereocenters. The maximum absolute atomic E-state index is 13.0. The summed E-state index contributed by atoms with van der Waals surface area (Å²) in [6.07, 6.45) is 0.830. The van der Waals surface area contributed by atoms with Crippen LogP contribution in [0.3, 0.4) is 0 Å². The van der Waals surface area contributed by atoms with Gasteiger partial charge in [0.05, 0.1) is 0 Å². The molecule has 2 N–H and O–H groups in total. The van der Waals surface area contributed by atoms with E-state index in [0.717, 1.165) is 24.1 Å². The zero-order valence-corrected chi connectivity index (χ0v) is 7.47. The molecular weight excluding hydrogens is 169 g/mol. The van der Waals surface area contributed by atoms with Crippen LogP contribution in [0.1, 0.15) is 24.1 Å². The first-order chi connectivity index (χ1) is 6.18. The lowest BCUT2D eigenvalue weighted by molar-refractivity contribution is 0.426. The minimum atomic E-state index is -0.521. The highest BCUT2D eigenvalue weighted by molar-refractivity contribution is 5.39. The summed E-state index contributed by atoms with van der Waals surface area (Å²) in [5.74, 6) is -0.776. The molecule has 0 bridgehead atoms. The fourth-order valence-corrected chi connectivity index (χ4v) is 1.77. The van der Waals surface area contributed by atoms with Gasteiger partial charge in [0.1, 0.15) is 0 Å². The monoisotopic (exact) mass is 181 g/mol. The van der Waals surface area contributed by atoms with E-state index in [1.807, 2.05) is 6.92 Å². The molecule has 0 spiro atoms. The summed E-state index contributed by atoms with van der Waals surface area (Å²) in [4.78, 5) is 0. The highest BCUT2D eigenvalue weighted by atomic mass is 19.1. The average Bonchev–Trinajstić information content (AvgIpc) is 2.09. The van der Waals surface area contributed by atoms with Crippen molar-refractivity contribution < 1.29 is 9.50 Å². The van der Waals surface area contributed by atoms with Crippen molar-refractivity contribution in [3.63, 3.8) is 0 Å². The van der Waals surface area contributed by atoms with Crippen LogP contribution in [0, 0.1) is 5.82 Å². The summed E-state index contributed by atoms with van der Waals surface area (Å²) in [6, 6.07) is 3.15. The van der Waals surface area contributed by atoms with Crippen LogP contribution in [-0.4, -0.2) is 11.7 Å². The van der Waals surface area contributed by atoms with Crippen LogP contribution in [0.25, 0.3) is 0 Å². The average molecular weight is 181 g/mol. The predicted molar refractivity (Wildman–Crippen MR) is 48.2 cm³/mol. The Balaban J connectivity index is 2.52. The topological polar surface area (TPSA) is 32.3 Å². The van der Waals surface area contributed by atoms with E-state index in [0.29, 0.717) is 0 Å². The van der Waals surface area contributed by atoms with Gasteiger partial charge in [-0.15, -0.1) is 0 Å². The number of rotatable bonds is 0. The molecule has 0 radical (unpaired) electrons. The number of hydrogen-bond donors (Lipinski definition) is 2. The van der Waals surface area contributed by atoms with Gasteiger partial charge in [0.15, 0.2) is 11.6 Å². The second kappa shape index (κ2) is 3.00. The van der Waals surface area contributed by atoms with Crippen LogP contribution in [0.5, 0.6) is 5.75 Å². The zero-order chi connectivity index (χ0) is 9.42. The van der Waals surface area contributed by atoms with Crippen molar-refractivity contribution in [1.82, 2.24) is 5.32 Å². The third-order valence-corrected chi connectivity index (χ3v) is 2.52. The van der Waals surface area contributed by atoms with Gasteiger partial charge in [0, 0.05) is 6.04 Å². The maximum Gasteiger partial charge on any atom is 0.165 e. The van der Waals surface area contributed by atoms with Crippen molar-refractivity contribution in [1.29, 1.82) is 0 Å². The number of benzene rings is 1. The second-order valence-corrected chi connectivity index (χ2v) is 3.43. The number of hydrogen-bond acceptors (Lipinski definition) is 2. The molecule has 1 aromatic rings. The van der Waals surface area contributed by atoms with Gasteiger partial charge in [0.2, 0.25) is 0 Å². The summed E-state index contributed by atoms with van der Waals surface area (Å²) in [7, 11) is 0. The summed E-state index contributed by atoms with van der Waals surface area (Å²) < 4.78 is 13.0. The van der Waals surface area contributed by atoms with Crippen LogP contribution in [-0.2, 0) is 6.42 Å². The van der Waals surface area contributed by atoms with Gasteiger partial charge >= 0.3 is 0 Å². The van der Waals surface area contributed by atoms with E-state index < -0.39 is 5.82 Å². The summed E-state index contributed by atoms with van der Waals surface area (Å²) in [6.45, 7) is 2.88. The Hall–Kier alpha value is -1.09. The number of nitrogens with one attached hydrogen (secondary N) is 1. The Morgan fingerprint density at radius 2 is 2.31 bits per heavy atom. The quantitative estimate of drug-likeness (QED) is 0.639. The van der Waals surface area contributed by atoms with Crippen molar-refractivity contribution in [3.05, 3.63) is 29.1 Å². The van der Waals surface area contributed by atoms with E-state index in [2.05, 4.69) is 5.32 Å². The zero-order valence-electron chi connectivity index (χ0n) is 7.47. The normalized spacial score (nSPS) is 21.2. The molecule has 2 nitrogen and oxygen atoms in total. The van der Waals surface area contributed by atoms with E-state index in [-0.39, 0.29) is 11.8 Å². The summed E-state index contributed by atoms with van der Waals surface area (Å²) in [5, 5.41) is 12.4. The Bertz CT molecular complexity index is 338. The number of fused-ring (bicyclic) bond motifs is 1. The minimum Gasteiger partial charge on any atom is -0.505 e. The molecule has 0 amide bonds. The standard InChI is InChI=1S/C10H12FNO/c1-6-8-5-10(13)9(11)4-7(8)2-3-12-6/h4-6,12-13H,2-3H2,1H3. The molecule has 2 rings (SSSR count). The van der Waals surface area contributed by atoms with Crippen LogP contribution >= 0.6 is 0 Å². The summed E-state index contributed by atoms with van der Waals surface area (Å²) >= 11 is 0. The molecule has 0 aromatic heterocycles. The van der Waals surface area contributed by atoms with Gasteiger partial charge in [-0.3, -0.25) is 0 Å². The molecule has 0 saturated heterocycles. The fourth-order valence-electron chi connectivity index (χ4n) is 1.77. The van der Waals surface area contributed by atoms with Crippen molar-refractivity contribution in [3.8, 4) is 5.75 Å². The first kappa shape index (κ1) is 8.51. The fraction of sp³-hybridized carbons (Fsp3) is 0.400. The lowest BCUT2D eigenvalue weighted by Gasteiger charge is -2.23. The van der Waals surface area contributed by atoms with Gasteiger partial charge in [-0.1, -0.05) is 0 Å². The molecular formula is C10H12FNO. The molecule has 13 heavy (non-hydrogen) atoms. The third-order valence-electron chi connectivity index (χ3n) is 2.52. The molecule has 0 fully saturated rings. The minimum absolute atomic E-state index is 0.204. The number of halogens is 1. The SMILES string of the molecule is CC1NCCc2cc(F)c(O)cc21. The van der Waals surface area contributed by atoms with Gasteiger partial charge in [-0.05, 0) is 43.1 Å². The molecule has 70 valence electrons. The Morgan fingerprint density at radius 1 is 1.54 bits per heavy atom. The third kappa shape index (κ3) is 1.40. The van der Waals surface area contributed by atoms with E-state index in [4.69, 9.17) is 0 Å². The van der Waals surface area contributed by atoms with Gasteiger partial charge in [-0.2, -0.15) is 0 Å². The Kier molecular flexibility index (Phi) is 1.96. The largest absolute Gasteiger partial charge is 0.505 e. The summed E-state index contributed by atoms with van der Waals surface area (Å²) in [5.41, 5.74) is 2.01. The Morgan fingerprint density at radius 3 is 3.08 bits per heavy atom. The maximum atomic E-state index is 13.0. The smallest absolute Gasteiger partial charge is 0.165 e. The number of phenols is 1. The number of aromatic hydroxyl groups is 1. The molecule has 1 aliphatic heterocycles. The van der Waals surface area contributed by atoms with Crippen LogP contribution in [0.4, 0.5) is 4.39 Å². The van der Waals surface area contributed by atoms with Crippen LogP contribution in [0.2, 0.25) is 0 Å². The highest BCUT2D eigenvalue weighted by Gasteiger charge is 2.17. The van der Waals surface area contributed by atoms with E-state index in [1.54, 1.807) is 0 Å². The first-order valence-corrected chi connectivity index (χ1v) is 4.43.